The summed E-state index contributed by atoms with van der Waals surface area (Å²) in [7, 11) is 0. The van der Waals surface area contributed by atoms with E-state index in [9.17, 15) is 4.79 Å². The Kier molecular flexibility index (Phi) is 5.21. The lowest BCUT2D eigenvalue weighted by Crippen LogP contribution is -2.44. The molecular weight excluding hydrogens is 290 g/mol. The van der Waals surface area contributed by atoms with Crippen LogP contribution in [0.1, 0.15) is 32.0 Å². The fourth-order valence-electron chi connectivity index (χ4n) is 2.36. The van der Waals surface area contributed by atoms with E-state index in [2.05, 4.69) is 22.4 Å². The van der Waals surface area contributed by atoms with Gasteiger partial charge >= 0.3 is 6.09 Å². The summed E-state index contributed by atoms with van der Waals surface area (Å²) in [5.41, 5.74) is 8.34. The molecule has 23 heavy (non-hydrogen) atoms. The second kappa shape index (κ2) is 6.96. The normalized spacial score (nSPS) is 12.9. The van der Waals surface area contributed by atoms with Crippen molar-refractivity contribution in [2.45, 2.75) is 45.8 Å². The highest BCUT2D eigenvalue weighted by molar-refractivity contribution is 5.79. The van der Waals surface area contributed by atoms with Crippen molar-refractivity contribution in [1.82, 2.24) is 10.3 Å². The number of carbonyl (C=O) groups is 1. The van der Waals surface area contributed by atoms with Crippen molar-refractivity contribution in [3.63, 3.8) is 0 Å². The highest BCUT2D eigenvalue weighted by atomic mass is 16.6. The van der Waals surface area contributed by atoms with Crippen LogP contribution in [0.5, 0.6) is 0 Å². The zero-order valence-electron chi connectivity index (χ0n) is 14.2. The van der Waals surface area contributed by atoms with Gasteiger partial charge in [-0.3, -0.25) is 4.98 Å². The van der Waals surface area contributed by atoms with Crippen LogP contribution < -0.4 is 11.1 Å². The number of alkyl carbamates (subject to hydrolysis) is 1. The quantitative estimate of drug-likeness (QED) is 0.909. The molecule has 0 saturated carbocycles. The van der Waals surface area contributed by atoms with E-state index in [0.717, 1.165) is 22.2 Å². The lowest BCUT2D eigenvalue weighted by molar-refractivity contribution is 0.0506. The van der Waals surface area contributed by atoms with Crippen molar-refractivity contribution < 1.29 is 9.53 Å². The van der Waals surface area contributed by atoms with E-state index in [1.807, 2.05) is 45.9 Å². The zero-order valence-corrected chi connectivity index (χ0v) is 14.2. The van der Waals surface area contributed by atoms with Crippen LogP contribution in [0, 0.1) is 6.92 Å². The van der Waals surface area contributed by atoms with Crippen molar-refractivity contribution in [2.75, 3.05) is 6.54 Å². The number of nitrogens with one attached hydrogen (secondary N) is 1. The number of carbonyl (C=O) groups excluding carboxylic acids is 1. The SMILES string of the molecule is Cc1ccc2cc(CC(CN)NC(=O)OC(C)(C)C)ccc2n1. The molecule has 0 bridgehead atoms. The number of ether oxygens (including phenoxy) is 1. The molecule has 1 heterocycles. The van der Waals surface area contributed by atoms with Gasteiger partial charge in [0.15, 0.2) is 0 Å². The fraction of sp³-hybridized carbons (Fsp3) is 0.444. The number of hydrogen-bond donors (Lipinski definition) is 2. The minimum absolute atomic E-state index is 0.166. The number of aryl methyl sites for hydroxylation is 1. The summed E-state index contributed by atoms with van der Waals surface area (Å²) in [5, 5.41) is 3.91. The van der Waals surface area contributed by atoms with Gasteiger partial charge in [0.05, 0.1) is 5.52 Å². The Balaban J connectivity index is 2.06. The summed E-state index contributed by atoms with van der Waals surface area (Å²) < 4.78 is 5.28. The maximum Gasteiger partial charge on any atom is 0.407 e. The second-order valence-electron chi connectivity index (χ2n) is 6.76. The molecule has 2 aromatic rings. The molecule has 0 spiro atoms. The van der Waals surface area contributed by atoms with Gasteiger partial charge in [0, 0.05) is 23.7 Å². The van der Waals surface area contributed by atoms with E-state index in [0.29, 0.717) is 13.0 Å². The largest absolute Gasteiger partial charge is 0.444 e. The van der Waals surface area contributed by atoms with Crippen LogP contribution in [0.4, 0.5) is 4.79 Å². The molecule has 0 saturated heterocycles. The number of nitrogens with two attached hydrogens (primary N) is 1. The molecule has 1 aromatic carbocycles. The predicted molar refractivity (Wildman–Crippen MR) is 92.4 cm³/mol. The molecule has 0 aliphatic rings. The number of hydrogen-bond acceptors (Lipinski definition) is 4. The number of pyridine rings is 1. The molecule has 1 aromatic heterocycles. The van der Waals surface area contributed by atoms with Crippen LogP contribution in [-0.2, 0) is 11.2 Å². The monoisotopic (exact) mass is 315 g/mol. The molecule has 1 amide bonds. The molecule has 5 heteroatoms. The molecule has 0 aliphatic carbocycles. The molecule has 1 atom stereocenters. The molecule has 3 N–H and O–H groups in total. The van der Waals surface area contributed by atoms with Gasteiger partial charge in [-0.05, 0) is 57.9 Å². The number of benzene rings is 1. The standard InChI is InChI=1S/C18H25N3O2/c1-12-5-7-14-9-13(6-8-16(14)20-12)10-15(11-19)21-17(22)23-18(2,3)4/h5-9,15H,10-11,19H2,1-4H3,(H,21,22). The summed E-state index contributed by atoms with van der Waals surface area (Å²) in [4.78, 5) is 16.4. The first kappa shape index (κ1) is 17.2. The van der Waals surface area contributed by atoms with Gasteiger partial charge in [0.1, 0.15) is 5.60 Å². The minimum atomic E-state index is -0.518. The first-order chi connectivity index (χ1) is 10.8. The van der Waals surface area contributed by atoms with E-state index < -0.39 is 11.7 Å². The van der Waals surface area contributed by atoms with Crippen LogP contribution in [0.2, 0.25) is 0 Å². The Morgan fingerprint density at radius 2 is 2.04 bits per heavy atom. The van der Waals surface area contributed by atoms with Crippen molar-refractivity contribution in [3.8, 4) is 0 Å². The van der Waals surface area contributed by atoms with E-state index in [-0.39, 0.29) is 6.04 Å². The maximum atomic E-state index is 11.9. The molecule has 0 fully saturated rings. The summed E-state index contributed by atoms with van der Waals surface area (Å²) in [6.07, 6.45) is 0.213. The zero-order chi connectivity index (χ0) is 17.0. The third kappa shape index (κ3) is 5.21. The van der Waals surface area contributed by atoms with Gasteiger partial charge in [-0.15, -0.1) is 0 Å². The van der Waals surface area contributed by atoms with E-state index >= 15 is 0 Å². The molecule has 0 radical (unpaired) electrons. The highest BCUT2D eigenvalue weighted by Gasteiger charge is 2.19. The third-order valence-corrected chi connectivity index (χ3v) is 3.38. The average Bonchev–Trinajstić information content (AvgIpc) is 2.44. The second-order valence-corrected chi connectivity index (χ2v) is 6.76. The first-order valence-electron chi connectivity index (χ1n) is 7.83. The topological polar surface area (TPSA) is 77.2 Å². The number of aromatic nitrogens is 1. The van der Waals surface area contributed by atoms with Crippen LogP contribution in [0.25, 0.3) is 10.9 Å². The van der Waals surface area contributed by atoms with E-state index in [1.165, 1.54) is 0 Å². The van der Waals surface area contributed by atoms with Gasteiger partial charge in [0.2, 0.25) is 0 Å². The first-order valence-corrected chi connectivity index (χ1v) is 7.83. The summed E-state index contributed by atoms with van der Waals surface area (Å²) in [6.45, 7) is 7.83. The van der Waals surface area contributed by atoms with Gasteiger partial charge in [-0.1, -0.05) is 12.1 Å². The number of fused-ring (bicyclic) bond motifs is 1. The molecule has 0 aliphatic heterocycles. The lowest BCUT2D eigenvalue weighted by atomic mass is 10.0. The van der Waals surface area contributed by atoms with Crippen LogP contribution in [0.15, 0.2) is 30.3 Å². The number of amides is 1. The molecule has 5 nitrogen and oxygen atoms in total. The smallest absolute Gasteiger partial charge is 0.407 e. The third-order valence-electron chi connectivity index (χ3n) is 3.38. The Morgan fingerprint density at radius 3 is 2.70 bits per heavy atom. The van der Waals surface area contributed by atoms with Crippen molar-refractivity contribution >= 4 is 17.0 Å². The fourth-order valence-corrected chi connectivity index (χ4v) is 2.36. The molecular formula is C18H25N3O2. The van der Waals surface area contributed by atoms with Crippen LogP contribution >= 0.6 is 0 Å². The summed E-state index contributed by atoms with van der Waals surface area (Å²) in [6, 6.07) is 9.99. The van der Waals surface area contributed by atoms with Gasteiger partial charge in [0.25, 0.3) is 0 Å². The highest BCUT2D eigenvalue weighted by Crippen LogP contribution is 2.16. The van der Waals surface area contributed by atoms with Crippen LogP contribution in [0.3, 0.4) is 0 Å². The Bertz CT molecular complexity index is 692. The molecule has 124 valence electrons. The van der Waals surface area contributed by atoms with E-state index in [4.69, 9.17) is 10.5 Å². The number of nitrogens with zero attached hydrogens (tertiary/aromatic N) is 1. The minimum Gasteiger partial charge on any atom is -0.444 e. The predicted octanol–water partition coefficient (Wildman–Crippen LogP) is 2.94. The average molecular weight is 315 g/mol. The maximum absolute atomic E-state index is 11.9. The molecule has 2 rings (SSSR count). The van der Waals surface area contributed by atoms with Crippen molar-refractivity contribution in [1.29, 1.82) is 0 Å². The van der Waals surface area contributed by atoms with E-state index in [1.54, 1.807) is 0 Å². The van der Waals surface area contributed by atoms with Crippen molar-refractivity contribution in [3.05, 3.63) is 41.6 Å². The Morgan fingerprint density at radius 1 is 1.30 bits per heavy atom. The van der Waals surface area contributed by atoms with Gasteiger partial charge in [-0.2, -0.15) is 0 Å². The Hall–Kier alpha value is -2.14. The van der Waals surface area contributed by atoms with Crippen LogP contribution in [-0.4, -0.2) is 29.3 Å². The van der Waals surface area contributed by atoms with Gasteiger partial charge < -0.3 is 15.8 Å². The number of rotatable bonds is 4. The molecule has 1 unspecified atom stereocenters. The summed E-state index contributed by atoms with van der Waals surface area (Å²) in [5.74, 6) is 0. The lowest BCUT2D eigenvalue weighted by Gasteiger charge is -2.23. The van der Waals surface area contributed by atoms with Crippen molar-refractivity contribution in [2.24, 2.45) is 5.73 Å². The van der Waals surface area contributed by atoms with Gasteiger partial charge in [-0.25, -0.2) is 4.79 Å². The Labute approximate surface area is 137 Å². The summed E-state index contributed by atoms with van der Waals surface area (Å²) >= 11 is 0.